The second-order valence-corrected chi connectivity index (χ2v) is 6.86. The van der Waals surface area contributed by atoms with Crippen LogP contribution in [0.5, 0.6) is 0 Å². The molecule has 1 aromatic carbocycles. The zero-order chi connectivity index (χ0) is 13.5. The van der Waals surface area contributed by atoms with Gasteiger partial charge in [0.1, 0.15) is 5.82 Å². The lowest BCUT2D eigenvalue weighted by Crippen LogP contribution is -2.27. The van der Waals surface area contributed by atoms with Crippen molar-refractivity contribution in [3.63, 3.8) is 0 Å². The number of anilines is 1. The Morgan fingerprint density at radius 2 is 1.94 bits per heavy atom. The Morgan fingerprint density at radius 1 is 1.28 bits per heavy atom. The third-order valence-electron chi connectivity index (χ3n) is 3.99. The molecule has 1 saturated heterocycles. The Morgan fingerprint density at radius 3 is 2.44 bits per heavy atom. The van der Waals surface area contributed by atoms with Crippen LogP contribution in [-0.4, -0.2) is 13.1 Å². The summed E-state index contributed by atoms with van der Waals surface area (Å²) in [6.07, 6.45) is 0. The summed E-state index contributed by atoms with van der Waals surface area (Å²) in [6, 6.07) is 5.00. The Balaban J connectivity index is 2.19. The minimum absolute atomic E-state index is 0.208. The number of nitrogens with zero attached hydrogens (tertiary/aromatic N) is 1. The largest absolute Gasteiger partial charge is 0.371 e. The van der Waals surface area contributed by atoms with Gasteiger partial charge in [0.05, 0.1) is 5.02 Å². The summed E-state index contributed by atoms with van der Waals surface area (Å²) in [5.41, 5.74) is 1.33. The van der Waals surface area contributed by atoms with Gasteiger partial charge in [-0.15, -0.1) is 0 Å². The van der Waals surface area contributed by atoms with Crippen molar-refractivity contribution in [1.82, 2.24) is 0 Å². The van der Waals surface area contributed by atoms with Crippen molar-refractivity contribution in [2.75, 3.05) is 18.0 Å². The second-order valence-electron chi connectivity index (χ2n) is 6.45. The summed E-state index contributed by atoms with van der Waals surface area (Å²) < 4.78 is 13.2. The zero-order valence-electron chi connectivity index (χ0n) is 11.5. The van der Waals surface area contributed by atoms with E-state index in [1.54, 1.807) is 6.07 Å². The molecule has 0 saturated carbocycles. The Bertz CT molecular complexity index is 439. The SMILES string of the molecule is CC1CN(c2ccc(F)c(Cl)c2)CC1C(C)(C)C. The van der Waals surface area contributed by atoms with E-state index in [4.69, 9.17) is 11.6 Å². The number of hydrogen-bond acceptors (Lipinski definition) is 1. The Hall–Kier alpha value is -0.760. The van der Waals surface area contributed by atoms with Crippen molar-refractivity contribution in [2.24, 2.45) is 17.3 Å². The van der Waals surface area contributed by atoms with Crippen LogP contribution in [0.15, 0.2) is 18.2 Å². The summed E-state index contributed by atoms with van der Waals surface area (Å²) in [7, 11) is 0. The van der Waals surface area contributed by atoms with E-state index >= 15 is 0 Å². The standard InChI is InChI=1S/C15H21ClFN/c1-10-8-18(9-12(10)15(2,3)4)11-5-6-14(17)13(16)7-11/h5-7,10,12H,8-9H2,1-4H3. The van der Waals surface area contributed by atoms with Crippen LogP contribution in [0, 0.1) is 23.1 Å². The van der Waals surface area contributed by atoms with E-state index in [0.717, 1.165) is 18.8 Å². The number of benzene rings is 1. The van der Waals surface area contributed by atoms with Gasteiger partial charge in [-0.05, 0) is 35.4 Å². The molecule has 1 aliphatic heterocycles. The molecule has 2 rings (SSSR count). The van der Waals surface area contributed by atoms with Gasteiger partial charge in [0, 0.05) is 18.8 Å². The molecule has 3 heteroatoms. The van der Waals surface area contributed by atoms with Crippen LogP contribution in [0.3, 0.4) is 0 Å². The molecule has 2 atom stereocenters. The molecule has 1 aromatic rings. The lowest BCUT2D eigenvalue weighted by molar-refractivity contribution is 0.214. The molecule has 0 bridgehead atoms. The molecule has 1 aliphatic rings. The first kappa shape index (κ1) is 13.7. The first-order chi connectivity index (χ1) is 8.29. The first-order valence-corrected chi connectivity index (χ1v) is 6.87. The Kier molecular flexibility index (Phi) is 3.59. The van der Waals surface area contributed by atoms with Crippen LogP contribution in [0.1, 0.15) is 27.7 Å². The van der Waals surface area contributed by atoms with E-state index in [0.29, 0.717) is 17.3 Å². The van der Waals surface area contributed by atoms with E-state index in [9.17, 15) is 4.39 Å². The van der Waals surface area contributed by atoms with Gasteiger partial charge in [-0.3, -0.25) is 0 Å². The number of rotatable bonds is 1. The third-order valence-corrected chi connectivity index (χ3v) is 4.28. The fraction of sp³-hybridized carbons (Fsp3) is 0.600. The van der Waals surface area contributed by atoms with Crippen molar-refractivity contribution in [3.05, 3.63) is 29.0 Å². The van der Waals surface area contributed by atoms with E-state index in [-0.39, 0.29) is 10.8 Å². The maximum atomic E-state index is 13.2. The maximum Gasteiger partial charge on any atom is 0.141 e. The maximum absolute atomic E-state index is 13.2. The molecule has 18 heavy (non-hydrogen) atoms. The van der Waals surface area contributed by atoms with Crippen molar-refractivity contribution < 1.29 is 4.39 Å². The highest BCUT2D eigenvalue weighted by atomic mass is 35.5. The van der Waals surface area contributed by atoms with Gasteiger partial charge in [0.2, 0.25) is 0 Å². The average molecular weight is 270 g/mol. The third kappa shape index (κ3) is 2.64. The predicted molar refractivity (Wildman–Crippen MR) is 75.7 cm³/mol. The lowest BCUT2D eigenvalue weighted by Gasteiger charge is -2.30. The molecule has 1 fully saturated rings. The minimum Gasteiger partial charge on any atom is -0.371 e. The summed E-state index contributed by atoms with van der Waals surface area (Å²) in [4.78, 5) is 2.31. The molecule has 0 N–H and O–H groups in total. The van der Waals surface area contributed by atoms with Crippen LogP contribution in [0.4, 0.5) is 10.1 Å². The summed E-state index contributed by atoms with van der Waals surface area (Å²) in [5.74, 6) is 0.954. The molecule has 0 spiro atoms. The second kappa shape index (κ2) is 4.73. The van der Waals surface area contributed by atoms with E-state index in [1.807, 2.05) is 6.07 Å². The van der Waals surface area contributed by atoms with Crippen LogP contribution in [0.25, 0.3) is 0 Å². The quantitative estimate of drug-likeness (QED) is 0.720. The summed E-state index contributed by atoms with van der Waals surface area (Å²) in [5, 5.41) is 0.208. The van der Waals surface area contributed by atoms with Gasteiger partial charge >= 0.3 is 0 Å². The molecular formula is C15H21ClFN. The molecule has 100 valence electrons. The molecular weight excluding hydrogens is 249 g/mol. The van der Waals surface area contributed by atoms with E-state index in [2.05, 4.69) is 32.6 Å². The minimum atomic E-state index is -0.347. The molecule has 1 nitrogen and oxygen atoms in total. The first-order valence-electron chi connectivity index (χ1n) is 6.49. The van der Waals surface area contributed by atoms with Gasteiger partial charge in [0.15, 0.2) is 0 Å². The van der Waals surface area contributed by atoms with Gasteiger partial charge < -0.3 is 4.90 Å². The highest BCUT2D eigenvalue weighted by molar-refractivity contribution is 6.31. The number of hydrogen-bond donors (Lipinski definition) is 0. The normalized spacial score (nSPS) is 24.7. The van der Waals surface area contributed by atoms with Crippen LogP contribution < -0.4 is 4.90 Å². The van der Waals surface area contributed by atoms with Crippen molar-refractivity contribution in [1.29, 1.82) is 0 Å². The fourth-order valence-corrected chi connectivity index (χ4v) is 3.16. The monoisotopic (exact) mass is 269 g/mol. The molecule has 0 aromatic heterocycles. The smallest absolute Gasteiger partial charge is 0.141 e. The molecule has 0 aliphatic carbocycles. The predicted octanol–water partition coefficient (Wildman–Crippen LogP) is 4.60. The highest BCUT2D eigenvalue weighted by Crippen LogP contribution is 2.39. The lowest BCUT2D eigenvalue weighted by atomic mass is 9.76. The number of halogens is 2. The molecule has 2 unspecified atom stereocenters. The van der Waals surface area contributed by atoms with Crippen molar-refractivity contribution >= 4 is 17.3 Å². The molecule has 1 heterocycles. The Labute approximate surface area is 114 Å². The summed E-state index contributed by atoms with van der Waals surface area (Å²) >= 11 is 5.85. The topological polar surface area (TPSA) is 3.24 Å². The van der Waals surface area contributed by atoms with Crippen molar-refractivity contribution in [2.45, 2.75) is 27.7 Å². The molecule has 0 amide bonds. The fourth-order valence-electron chi connectivity index (χ4n) is 2.99. The average Bonchev–Trinajstić information content (AvgIpc) is 2.64. The van der Waals surface area contributed by atoms with Crippen LogP contribution >= 0.6 is 11.6 Å². The van der Waals surface area contributed by atoms with Crippen LogP contribution in [0.2, 0.25) is 5.02 Å². The van der Waals surface area contributed by atoms with E-state index in [1.165, 1.54) is 6.07 Å². The van der Waals surface area contributed by atoms with Crippen LogP contribution in [-0.2, 0) is 0 Å². The van der Waals surface area contributed by atoms with Gasteiger partial charge in [-0.25, -0.2) is 4.39 Å². The van der Waals surface area contributed by atoms with Gasteiger partial charge in [-0.1, -0.05) is 39.3 Å². The van der Waals surface area contributed by atoms with Crippen molar-refractivity contribution in [3.8, 4) is 0 Å². The molecule has 0 radical (unpaired) electrons. The highest BCUT2D eigenvalue weighted by Gasteiger charge is 2.37. The zero-order valence-corrected chi connectivity index (χ0v) is 12.3. The van der Waals surface area contributed by atoms with Gasteiger partial charge in [0.25, 0.3) is 0 Å². The van der Waals surface area contributed by atoms with E-state index < -0.39 is 0 Å². The summed E-state index contributed by atoms with van der Waals surface area (Å²) in [6.45, 7) is 11.2. The van der Waals surface area contributed by atoms with Gasteiger partial charge in [-0.2, -0.15) is 0 Å².